The van der Waals surface area contributed by atoms with E-state index in [1.807, 2.05) is 0 Å². The van der Waals surface area contributed by atoms with Gasteiger partial charge in [0.1, 0.15) is 0 Å². The van der Waals surface area contributed by atoms with E-state index in [-0.39, 0.29) is 11.5 Å². The lowest BCUT2D eigenvalue weighted by molar-refractivity contribution is -0.0795. The number of fused-ring (bicyclic) bond motifs is 5. The summed E-state index contributed by atoms with van der Waals surface area (Å²) < 4.78 is 0. The molecular formula is C29H49NO2. The lowest BCUT2D eigenvalue weighted by Gasteiger charge is -2.59. The molecule has 3 nitrogen and oxygen atoms in total. The quantitative estimate of drug-likeness (QED) is 0.439. The van der Waals surface area contributed by atoms with Crippen LogP contribution in [0, 0.1) is 57.7 Å². The molecule has 1 unspecified atom stereocenters. The van der Waals surface area contributed by atoms with Crippen molar-refractivity contribution in [2.45, 2.75) is 111 Å². The van der Waals surface area contributed by atoms with Gasteiger partial charge in [-0.1, -0.05) is 58.6 Å². The Morgan fingerprint density at radius 2 is 1.81 bits per heavy atom. The summed E-state index contributed by atoms with van der Waals surface area (Å²) in [7, 11) is 0. The monoisotopic (exact) mass is 443 g/mol. The normalized spacial score (nSPS) is 41.3. The van der Waals surface area contributed by atoms with Gasteiger partial charge in [-0.2, -0.15) is 5.26 Å². The first-order valence-electron chi connectivity index (χ1n) is 13.5. The third-order valence-corrected chi connectivity index (χ3v) is 10.3. The van der Waals surface area contributed by atoms with Gasteiger partial charge < -0.3 is 10.2 Å². The van der Waals surface area contributed by atoms with Crippen LogP contribution in [0.15, 0.2) is 11.6 Å². The van der Waals surface area contributed by atoms with Crippen molar-refractivity contribution in [3.8, 4) is 6.07 Å². The smallest absolute Gasteiger partial charge is 0.0587 e. The minimum atomic E-state index is -0.186. The van der Waals surface area contributed by atoms with Crippen molar-refractivity contribution in [1.82, 2.24) is 0 Å². The Morgan fingerprint density at radius 3 is 2.47 bits per heavy atom. The number of nitrogens with zero attached hydrogens (tertiary/aromatic N) is 1. The highest BCUT2D eigenvalue weighted by atomic mass is 16.3. The number of allylic oxidation sites excluding steroid dienone is 1. The minimum absolute atomic E-state index is 0.00948. The van der Waals surface area contributed by atoms with Crippen LogP contribution in [0.2, 0.25) is 0 Å². The molecule has 0 aliphatic heterocycles. The van der Waals surface area contributed by atoms with Crippen molar-refractivity contribution in [2.24, 2.45) is 46.3 Å². The molecule has 2 N–H and O–H groups in total. The maximum atomic E-state index is 10.6. The zero-order valence-electron chi connectivity index (χ0n) is 21.4. The summed E-state index contributed by atoms with van der Waals surface area (Å²) in [5.74, 6) is 4.82. The molecule has 8 atom stereocenters. The highest BCUT2D eigenvalue weighted by Crippen LogP contribution is 2.67. The Bertz CT molecular complexity index is 694. The van der Waals surface area contributed by atoms with Crippen LogP contribution in [0.3, 0.4) is 0 Å². The van der Waals surface area contributed by atoms with Crippen LogP contribution in [0.5, 0.6) is 0 Å². The van der Waals surface area contributed by atoms with Gasteiger partial charge in [0.25, 0.3) is 0 Å². The predicted octanol–water partition coefficient (Wildman–Crippen LogP) is 6.89. The van der Waals surface area contributed by atoms with E-state index in [0.29, 0.717) is 17.9 Å². The van der Waals surface area contributed by atoms with Crippen LogP contribution in [0.1, 0.15) is 105 Å². The summed E-state index contributed by atoms with van der Waals surface area (Å²) in [6, 6.07) is 1.75. The molecule has 0 aromatic carbocycles. The number of aliphatic hydroxyl groups is 2. The summed E-state index contributed by atoms with van der Waals surface area (Å²) in [6.07, 6.45) is 15.8. The Hall–Kier alpha value is -0.850. The van der Waals surface area contributed by atoms with E-state index >= 15 is 0 Å². The van der Waals surface area contributed by atoms with Crippen molar-refractivity contribution in [1.29, 1.82) is 5.26 Å². The van der Waals surface area contributed by atoms with Gasteiger partial charge in [-0.15, -0.1) is 0 Å². The molecule has 0 aromatic heterocycles. The largest absolute Gasteiger partial charge is 0.395 e. The second-order valence-corrected chi connectivity index (χ2v) is 12.3. The molecule has 3 saturated carbocycles. The Labute approximate surface area is 197 Å². The predicted molar refractivity (Wildman–Crippen MR) is 132 cm³/mol. The van der Waals surface area contributed by atoms with Crippen molar-refractivity contribution in [3.05, 3.63) is 11.6 Å². The van der Waals surface area contributed by atoms with Gasteiger partial charge in [-0.05, 0) is 92.3 Å². The third kappa shape index (κ3) is 4.69. The van der Waals surface area contributed by atoms with Crippen molar-refractivity contribution >= 4 is 0 Å². The fraction of sp³-hybridized carbons (Fsp3) is 0.897. The Kier molecular flexibility index (Phi) is 8.54. The van der Waals surface area contributed by atoms with Gasteiger partial charge >= 0.3 is 0 Å². The van der Waals surface area contributed by atoms with Crippen LogP contribution in [-0.4, -0.2) is 22.9 Å². The van der Waals surface area contributed by atoms with Crippen molar-refractivity contribution in [3.63, 3.8) is 0 Å². The zero-order valence-corrected chi connectivity index (χ0v) is 21.4. The number of aliphatic hydroxyl groups excluding tert-OH is 2. The van der Waals surface area contributed by atoms with Crippen LogP contribution >= 0.6 is 0 Å². The van der Waals surface area contributed by atoms with Crippen LogP contribution in [0.4, 0.5) is 0 Å². The van der Waals surface area contributed by atoms with Gasteiger partial charge in [0, 0.05) is 12.3 Å². The van der Waals surface area contributed by atoms with E-state index in [4.69, 9.17) is 5.26 Å². The molecule has 32 heavy (non-hydrogen) atoms. The first-order chi connectivity index (χ1) is 15.2. The van der Waals surface area contributed by atoms with Crippen LogP contribution < -0.4 is 0 Å². The topological polar surface area (TPSA) is 64.2 Å². The number of hydrogen-bond acceptors (Lipinski definition) is 3. The first kappa shape index (κ1) is 25.8. The molecule has 182 valence electrons. The molecule has 4 aliphatic carbocycles. The molecule has 0 aromatic rings. The number of rotatable bonds is 6. The molecular weight excluding hydrogens is 394 g/mol. The van der Waals surface area contributed by atoms with Crippen LogP contribution in [0.25, 0.3) is 0 Å². The standard InChI is InChI=1S/C27H46O2.C2H3N/c1-18(2)6-5-7-19(3)23-10-11-24-22-9-8-20-16-21(29)12-15-27(20,17-28)25(22)13-14-26(23,24)4;1-2-3/h8,18-19,21-25,28-29H,5-7,9-17H2,1-4H3;1H3/t19?,21-,22-,23+,24-,25-,26+,27+;/m0./s1. The number of nitriles is 1. The first-order valence-corrected chi connectivity index (χ1v) is 13.5. The average Bonchev–Trinajstić information content (AvgIpc) is 3.11. The number of hydrogen-bond donors (Lipinski definition) is 2. The van der Waals surface area contributed by atoms with Gasteiger partial charge in [-0.3, -0.25) is 0 Å². The lowest BCUT2D eigenvalue weighted by atomic mass is 9.46. The lowest BCUT2D eigenvalue weighted by Crippen LogP contribution is -2.53. The van der Waals surface area contributed by atoms with Gasteiger partial charge in [0.15, 0.2) is 0 Å². The maximum Gasteiger partial charge on any atom is 0.0587 e. The zero-order chi connectivity index (χ0) is 23.5. The molecule has 0 spiro atoms. The minimum Gasteiger partial charge on any atom is -0.395 e. The SMILES string of the molecule is CC#N.CC(C)CCCC(C)[C@H]1CC[C@H]2[C@@H]3CC=C4C[C@@H](O)CC[C@]4(CO)[C@H]3CC[C@]12C. The third-order valence-electron chi connectivity index (χ3n) is 10.3. The van der Waals surface area contributed by atoms with E-state index in [1.165, 1.54) is 63.9 Å². The van der Waals surface area contributed by atoms with Gasteiger partial charge in [0.2, 0.25) is 0 Å². The van der Waals surface area contributed by atoms with E-state index in [0.717, 1.165) is 48.9 Å². The molecule has 4 aliphatic rings. The molecule has 4 rings (SSSR count). The van der Waals surface area contributed by atoms with E-state index in [2.05, 4.69) is 33.8 Å². The van der Waals surface area contributed by atoms with Gasteiger partial charge in [-0.25, -0.2) is 0 Å². The average molecular weight is 444 g/mol. The molecule has 0 amide bonds. The van der Waals surface area contributed by atoms with Crippen molar-refractivity contribution in [2.75, 3.05) is 6.61 Å². The Balaban J connectivity index is 0.000000913. The fourth-order valence-corrected chi connectivity index (χ4v) is 8.76. The molecule has 0 saturated heterocycles. The molecule has 0 heterocycles. The summed E-state index contributed by atoms with van der Waals surface area (Å²) in [4.78, 5) is 0. The van der Waals surface area contributed by atoms with E-state index in [1.54, 1.807) is 6.07 Å². The summed E-state index contributed by atoms with van der Waals surface area (Å²) in [5, 5.41) is 28.1. The second-order valence-electron chi connectivity index (χ2n) is 12.3. The molecule has 3 fully saturated rings. The van der Waals surface area contributed by atoms with E-state index in [9.17, 15) is 10.2 Å². The fourth-order valence-electron chi connectivity index (χ4n) is 8.76. The highest BCUT2D eigenvalue weighted by molar-refractivity contribution is 5.26. The highest BCUT2D eigenvalue weighted by Gasteiger charge is 2.60. The second kappa shape index (κ2) is 10.6. The van der Waals surface area contributed by atoms with E-state index < -0.39 is 0 Å². The summed E-state index contributed by atoms with van der Waals surface area (Å²) in [6.45, 7) is 11.6. The summed E-state index contributed by atoms with van der Waals surface area (Å²) >= 11 is 0. The van der Waals surface area contributed by atoms with Crippen molar-refractivity contribution < 1.29 is 10.2 Å². The molecule has 0 radical (unpaired) electrons. The molecule has 3 heteroatoms. The van der Waals surface area contributed by atoms with Crippen LogP contribution in [-0.2, 0) is 0 Å². The summed E-state index contributed by atoms with van der Waals surface area (Å²) in [5.41, 5.74) is 1.90. The van der Waals surface area contributed by atoms with Gasteiger partial charge in [0.05, 0.1) is 18.8 Å². The Morgan fingerprint density at radius 1 is 1.09 bits per heavy atom. The maximum absolute atomic E-state index is 10.6. The molecule has 0 bridgehead atoms.